The second-order valence-electron chi connectivity index (χ2n) is 7.67. The van der Waals surface area contributed by atoms with Crippen LogP contribution in [0.1, 0.15) is 34.6 Å². The van der Waals surface area contributed by atoms with Crippen molar-refractivity contribution < 1.29 is 18.8 Å². The van der Waals surface area contributed by atoms with Gasteiger partial charge in [-0.2, -0.15) is 0 Å². The fraction of sp³-hybridized carbons (Fsp3) is 0.611. The molecule has 0 saturated heterocycles. The second kappa shape index (κ2) is 10.3. The van der Waals surface area contributed by atoms with Crippen LogP contribution in [0.25, 0.3) is 0 Å². The van der Waals surface area contributed by atoms with E-state index in [0.717, 1.165) is 11.9 Å². The van der Waals surface area contributed by atoms with Gasteiger partial charge in [0, 0.05) is 6.54 Å². The average Bonchev–Trinajstić information content (AvgIpc) is 2.52. The molecule has 0 aromatic heterocycles. The van der Waals surface area contributed by atoms with Gasteiger partial charge in [0.2, 0.25) is 12.3 Å². The van der Waals surface area contributed by atoms with Gasteiger partial charge in [0.1, 0.15) is 12.3 Å². The first-order valence-electron chi connectivity index (χ1n) is 8.35. The van der Waals surface area contributed by atoms with Crippen LogP contribution in [-0.4, -0.2) is 46.1 Å². The van der Waals surface area contributed by atoms with Crippen LogP contribution in [0, 0.1) is 0 Å². The minimum atomic E-state index is -2.01. The zero-order valence-corrected chi connectivity index (χ0v) is 17.4. The Balaban J connectivity index is 4.75. The largest absolute Gasteiger partial charge is 0.414 e. The molecule has 6 nitrogen and oxygen atoms in total. The molecule has 0 aliphatic rings. The van der Waals surface area contributed by atoms with Gasteiger partial charge in [-0.15, -0.1) is 0 Å². The minimum absolute atomic E-state index is 0.0251. The maximum atomic E-state index is 12.3. The Hall–Kier alpha value is -1.73. The van der Waals surface area contributed by atoms with Crippen molar-refractivity contribution in [2.24, 2.45) is 0 Å². The van der Waals surface area contributed by atoms with E-state index in [-0.39, 0.29) is 17.6 Å². The summed E-state index contributed by atoms with van der Waals surface area (Å²) in [6, 6.07) is -0.730. The van der Waals surface area contributed by atoms with Gasteiger partial charge in [0.05, 0.1) is 6.61 Å². The van der Waals surface area contributed by atoms with Crippen molar-refractivity contribution >= 4 is 26.9 Å². The molecule has 0 heterocycles. The summed E-state index contributed by atoms with van der Waals surface area (Å²) in [7, 11) is -2.01. The third kappa shape index (κ3) is 8.78. The van der Waals surface area contributed by atoms with Crippen LogP contribution in [-0.2, 0) is 18.8 Å². The number of hydrogen-bond acceptors (Lipinski definition) is 4. The van der Waals surface area contributed by atoms with Gasteiger partial charge in [-0.05, 0) is 37.6 Å². The highest BCUT2D eigenvalue weighted by Crippen LogP contribution is 2.36. The molecule has 0 spiro atoms. The average molecular weight is 369 g/mol. The normalized spacial score (nSPS) is 14.7. The lowest BCUT2D eigenvalue weighted by molar-refractivity contribution is -0.126. The predicted octanol–water partition coefficient (Wildman–Crippen LogP) is 2.33. The molecule has 0 rings (SSSR count). The molecule has 2 amide bonds. The lowest BCUT2D eigenvalue weighted by Crippen LogP contribution is -2.50. The molecule has 0 fully saturated rings. The third-order valence-corrected chi connectivity index (χ3v) is 8.86. The van der Waals surface area contributed by atoms with Gasteiger partial charge >= 0.3 is 0 Å². The van der Waals surface area contributed by atoms with Gasteiger partial charge < -0.3 is 15.1 Å². The van der Waals surface area contributed by atoms with E-state index in [0.29, 0.717) is 18.5 Å². The summed E-state index contributed by atoms with van der Waals surface area (Å²) in [4.78, 5) is 33.7. The van der Waals surface area contributed by atoms with Crippen LogP contribution in [0.3, 0.4) is 0 Å². The monoisotopic (exact) mass is 368 g/mol. The Morgan fingerprint density at radius 1 is 1.16 bits per heavy atom. The molecule has 0 saturated carbocycles. The lowest BCUT2D eigenvalue weighted by Gasteiger charge is -2.37. The van der Waals surface area contributed by atoms with E-state index in [1.165, 1.54) is 0 Å². The summed E-state index contributed by atoms with van der Waals surface area (Å²) in [5.74, 6) is -0.297. The Morgan fingerprint density at radius 2 is 1.76 bits per heavy atom. The highest BCUT2D eigenvalue weighted by molar-refractivity contribution is 6.74. The molecular weight excluding hydrogens is 336 g/mol. The third-order valence-electron chi connectivity index (χ3n) is 4.36. The molecule has 0 aromatic carbocycles. The number of allylic oxidation sites excluding steroid dienone is 3. The Bertz CT molecular complexity index is 534. The van der Waals surface area contributed by atoms with E-state index in [1.54, 1.807) is 19.1 Å². The molecule has 0 aliphatic carbocycles. The summed E-state index contributed by atoms with van der Waals surface area (Å²) < 4.78 is 6.02. The van der Waals surface area contributed by atoms with E-state index >= 15 is 0 Å². The van der Waals surface area contributed by atoms with Gasteiger partial charge in [0.25, 0.3) is 0 Å². The van der Waals surface area contributed by atoms with Crippen molar-refractivity contribution in [2.45, 2.75) is 58.8 Å². The van der Waals surface area contributed by atoms with Crippen molar-refractivity contribution in [3.8, 4) is 0 Å². The van der Waals surface area contributed by atoms with E-state index in [2.05, 4.69) is 44.5 Å². The summed E-state index contributed by atoms with van der Waals surface area (Å²) in [6.07, 6.45) is 4.75. The summed E-state index contributed by atoms with van der Waals surface area (Å²) in [5.41, 5.74) is 1.50. The Labute approximate surface area is 152 Å². The van der Waals surface area contributed by atoms with Crippen molar-refractivity contribution in [2.75, 3.05) is 13.2 Å². The van der Waals surface area contributed by atoms with E-state index in [9.17, 15) is 14.4 Å². The quantitative estimate of drug-likeness (QED) is 0.268. The molecule has 0 radical (unpaired) electrons. The Kier molecular flexibility index (Phi) is 9.59. The predicted molar refractivity (Wildman–Crippen MR) is 103 cm³/mol. The molecule has 1 atom stereocenters. The van der Waals surface area contributed by atoms with E-state index in [1.807, 2.05) is 6.92 Å². The van der Waals surface area contributed by atoms with E-state index in [4.69, 9.17) is 4.43 Å². The SMILES string of the molecule is C/C(C=O)=C\C=C(/C)CNC(=O)[C@H](CO[Si](C)(C)C(C)(C)C)NC=O. The van der Waals surface area contributed by atoms with Gasteiger partial charge in [-0.3, -0.25) is 14.4 Å². The van der Waals surface area contributed by atoms with Crippen molar-refractivity contribution in [1.82, 2.24) is 10.6 Å². The molecule has 0 bridgehead atoms. The van der Waals surface area contributed by atoms with Crippen molar-refractivity contribution in [3.05, 3.63) is 23.3 Å². The van der Waals surface area contributed by atoms with Crippen LogP contribution in [0.4, 0.5) is 0 Å². The smallest absolute Gasteiger partial charge is 0.245 e. The van der Waals surface area contributed by atoms with Crippen LogP contribution < -0.4 is 10.6 Å². The molecule has 0 aliphatic heterocycles. The van der Waals surface area contributed by atoms with Crippen LogP contribution in [0.15, 0.2) is 23.3 Å². The molecule has 142 valence electrons. The summed E-state index contributed by atoms with van der Waals surface area (Å²) in [6.45, 7) is 14.6. The number of rotatable bonds is 10. The number of carbonyl (C=O) groups excluding carboxylic acids is 3. The molecule has 0 unspecified atom stereocenters. The number of aldehydes is 1. The van der Waals surface area contributed by atoms with Crippen LogP contribution in [0.2, 0.25) is 18.1 Å². The van der Waals surface area contributed by atoms with Gasteiger partial charge in [-0.25, -0.2) is 0 Å². The summed E-state index contributed by atoms with van der Waals surface area (Å²) in [5, 5.41) is 5.31. The van der Waals surface area contributed by atoms with Gasteiger partial charge in [-0.1, -0.05) is 38.5 Å². The molecule has 25 heavy (non-hydrogen) atoms. The first-order valence-corrected chi connectivity index (χ1v) is 11.3. The number of amides is 2. The molecule has 7 heteroatoms. The van der Waals surface area contributed by atoms with Crippen LogP contribution >= 0.6 is 0 Å². The fourth-order valence-corrected chi connectivity index (χ4v) is 2.53. The van der Waals surface area contributed by atoms with Gasteiger partial charge in [0.15, 0.2) is 8.32 Å². The number of carbonyl (C=O) groups is 3. The number of nitrogens with one attached hydrogen (secondary N) is 2. The zero-order valence-electron chi connectivity index (χ0n) is 16.4. The maximum Gasteiger partial charge on any atom is 0.245 e. The maximum absolute atomic E-state index is 12.3. The zero-order chi connectivity index (χ0) is 19.7. The first kappa shape index (κ1) is 23.3. The van der Waals surface area contributed by atoms with E-state index < -0.39 is 14.4 Å². The van der Waals surface area contributed by atoms with Crippen LogP contribution in [0.5, 0.6) is 0 Å². The minimum Gasteiger partial charge on any atom is -0.414 e. The highest BCUT2D eigenvalue weighted by atomic mass is 28.4. The highest BCUT2D eigenvalue weighted by Gasteiger charge is 2.38. The standard InChI is InChI=1S/C18H32N2O4Si/c1-14(8-9-15(2)11-21)10-19-17(23)16(20-13-22)12-24-25(6,7)18(3,4)5/h8-9,11,13,16H,10,12H2,1-7H3,(H,19,23)(H,20,22)/b14-8+,15-9+/t16-/m0/s1. The Morgan fingerprint density at radius 3 is 2.24 bits per heavy atom. The van der Waals surface area contributed by atoms with Crippen molar-refractivity contribution in [3.63, 3.8) is 0 Å². The summed E-state index contributed by atoms with van der Waals surface area (Å²) >= 11 is 0. The number of hydrogen-bond donors (Lipinski definition) is 2. The molecular formula is C18H32N2O4Si. The first-order chi connectivity index (χ1) is 11.4. The molecule has 0 aromatic rings. The topological polar surface area (TPSA) is 84.5 Å². The van der Waals surface area contributed by atoms with Crippen molar-refractivity contribution in [1.29, 1.82) is 0 Å². The second-order valence-corrected chi connectivity index (χ2v) is 12.5. The molecule has 2 N–H and O–H groups in total. The fourth-order valence-electron chi connectivity index (χ4n) is 1.51. The lowest BCUT2D eigenvalue weighted by atomic mass is 10.2.